The minimum Gasteiger partial charge on any atom is -0.353 e. The molecule has 1 aromatic heterocycles. The molecule has 0 radical (unpaired) electrons. The molecule has 1 fully saturated rings. The number of thiophene rings is 1. The molecule has 1 N–H and O–H groups in total. The monoisotopic (exact) mass is 252 g/mol. The molecule has 4 nitrogen and oxygen atoms in total. The number of carbonyl (C=O) groups excluding carboxylic acids is 2. The predicted octanol–water partition coefficient (Wildman–Crippen LogP) is 1.03. The van der Waals surface area contributed by atoms with Gasteiger partial charge in [-0.25, -0.2) is 0 Å². The number of carbonyl (C=O) groups is 2. The molecule has 2 amide bonds. The molecular weight excluding hydrogens is 236 g/mol. The number of hydrogen-bond donors (Lipinski definition) is 1. The fourth-order valence-electron chi connectivity index (χ4n) is 2.09. The average molecular weight is 252 g/mol. The molecule has 0 aromatic carbocycles. The van der Waals surface area contributed by atoms with Crippen LogP contribution in [0.2, 0.25) is 0 Å². The first-order valence-electron chi connectivity index (χ1n) is 5.80. The predicted molar refractivity (Wildman–Crippen MR) is 66.8 cm³/mol. The van der Waals surface area contributed by atoms with Crippen LogP contribution in [0.3, 0.4) is 0 Å². The van der Waals surface area contributed by atoms with Crippen molar-refractivity contribution in [3.05, 3.63) is 22.4 Å². The highest BCUT2D eigenvalue weighted by Gasteiger charge is 2.31. The van der Waals surface area contributed by atoms with Gasteiger partial charge in [0.2, 0.25) is 11.8 Å². The average Bonchev–Trinajstić information content (AvgIpc) is 2.81. The summed E-state index contributed by atoms with van der Waals surface area (Å²) in [4.78, 5) is 25.5. The van der Waals surface area contributed by atoms with Crippen LogP contribution in [0.25, 0.3) is 0 Å². The Bertz CT molecular complexity index is 403. The van der Waals surface area contributed by atoms with E-state index in [1.165, 1.54) is 0 Å². The van der Waals surface area contributed by atoms with Gasteiger partial charge in [0.15, 0.2) is 0 Å². The maximum absolute atomic E-state index is 12.1. The second-order valence-electron chi connectivity index (χ2n) is 4.11. The lowest BCUT2D eigenvalue weighted by Gasteiger charge is -2.34. The van der Waals surface area contributed by atoms with Gasteiger partial charge in [-0.15, -0.1) is 0 Å². The van der Waals surface area contributed by atoms with E-state index in [1.54, 1.807) is 16.2 Å². The number of rotatable bonds is 3. The molecular formula is C12H16N2O2S. The topological polar surface area (TPSA) is 49.4 Å². The van der Waals surface area contributed by atoms with Crippen molar-refractivity contribution in [2.24, 2.45) is 0 Å². The van der Waals surface area contributed by atoms with Crippen LogP contribution in [0.1, 0.15) is 18.9 Å². The van der Waals surface area contributed by atoms with Gasteiger partial charge in [-0.05, 0) is 28.8 Å². The van der Waals surface area contributed by atoms with Crippen LogP contribution < -0.4 is 5.32 Å². The smallest absolute Gasteiger partial charge is 0.242 e. The highest BCUT2D eigenvalue weighted by molar-refractivity contribution is 7.07. The first-order valence-corrected chi connectivity index (χ1v) is 6.75. The van der Waals surface area contributed by atoms with Crippen LogP contribution in [0.5, 0.6) is 0 Å². The molecule has 2 rings (SSSR count). The van der Waals surface area contributed by atoms with Crippen LogP contribution in [0.15, 0.2) is 16.8 Å². The zero-order valence-electron chi connectivity index (χ0n) is 9.81. The normalized spacial score (nSPS) is 20.2. The Morgan fingerprint density at radius 1 is 1.65 bits per heavy atom. The van der Waals surface area contributed by atoms with Gasteiger partial charge in [0.05, 0.1) is 6.42 Å². The highest BCUT2D eigenvalue weighted by atomic mass is 32.1. The van der Waals surface area contributed by atoms with Gasteiger partial charge in [0.1, 0.15) is 6.04 Å². The summed E-state index contributed by atoms with van der Waals surface area (Å²) >= 11 is 1.59. The lowest BCUT2D eigenvalue weighted by Crippen LogP contribution is -2.57. The van der Waals surface area contributed by atoms with Crippen molar-refractivity contribution in [1.29, 1.82) is 0 Å². The molecule has 1 aliphatic heterocycles. The first-order chi connectivity index (χ1) is 8.22. The molecule has 1 atom stereocenters. The number of amides is 2. The van der Waals surface area contributed by atoms with Crippen LogP contribution >= 0.6 is 11.3 Å². The van der Waals surface area contributed by atoms with Gasteiger partial charge in [0, 0.05) is 13.1 Å². The Labute approximate surface area is 105 Å². The van der Waals surface area contributed by atoms with E-state index in [1.807, 2.05) is 23.8 Å². The van der Waals surface area contributed by atoms with E-state index in [4.69, 9.17) is 0 Å². The van der Waals surface area contributed by atoms with E-state index in [0.717, 1.165) is 5.56 Å². The van der Waals surface area contributed by atoms with Crippen LogP contribution in [-0.4, -0.2) is 35.8 Å². The standard InChI is InChI=1S/C12H16N2O2S/c1-2-10-12(16)13-4-5-14(10)11(15)7-9-3-6-17-8-9/h3,6,8,10H,2,4-5,7H2,1H3,(H,13,16). The number of nitrogens with one attached hydrogen (secondary N) is 1. The van der Waals surface area contributed by atoms with E-state index in [-0.39, 0.29) is 17.9 Å². The third kappa shape index (κ3) is 2.66. The summed E-state index contributed by atoms with van der Waals surface area (Å²) in [5.74, 6) is 0.0162. The second-order valence-corrected chi connectivity index (χ2v) is 4.89. The quantitative estimate of drug-likeness (QED) is 0.873. The molecule has 1 aliphatic rings. The van der Waals surface area contributed by atoms with Crippen molar-refractivity contribution < 1.29 is 9.59 Å². The van der Waals surface area contributed by atoms with Crippen molar-refractivity contribution in [1.82, 2.24) is 10.2 Å². The van der Waals surface area contributed by atoms with Crippen LogP contribution in [0, 0.1) is 0 Å². The van der Waals surface area contributed by atoms with E-state index >= 15 is 0 Å². The SMILES string of the molecule is CCC1C(=O)NCCN1C(=O)Cc1ccsc1. The van der Waals surface area contributed by atoms with Gasteiger partial charge in [-0.3, -0.25) is 9.59 Å². The highest BCUT2D eigenvalue weighted by Crippen LogP contribution is 2.13. The zero-order valence-corrected chi connectivity index (χ0v) is 10.6. The fourth-order valence-corrected chi connectivity index (χ4v) is 2.76. The molecule has 1 saturated heterocycles. The summed E-state index contributed by atoms with van der Waals surface area (Å²) in [6.45, 7) is 3.11. The Morgan fingerprint density at radius 3 is 3.12 bits per heavy atom. The number of piperazine rings is 1. The van der Waals surface area contributed by atoms with Crippen molar-refractivity contribution in [3.8, 4) is 0 Å². The van der Waals surface area contributed by atoms with Gasteiger partial charge in [-0.1, -0.05) is 6.92 Å². The fraction of sp³-hybridized carbons (Fsp3) is 0.500. The molecule has 92 valence electrons. The van der Waals surface area contributed by atoms with Crippen LogP contribution in [-0.2, 0) is 16.0 Å². The van der Waals surface area contributed by atoms with Crippen LogP contribution in [0.4, 0.5) is 0 Å². The van der Waals surface area contributed by atoms with E-state index in [0.29, 0.717) is 25.9 Å². The minimum absolute atomic E-state index is 0.0302. The summed E-state index contributed by atoms with van der Waals surface area (Å²) in [6.07, 6.45) is 1.06. The third-order valence-corrected chi connectivity index (χ3v) is 3.71. The Morgan fingerprint density at radius 2 is 2.47 bits per heavy atom. The molecule has 17 heavy (non-hydrogen) atoms. The molecule has 0 saturated carbocycles. The molecule has 1 unspecified atom stereocenters. The van der Waals surface area contributed by atoms with E-state index in [2.05, 4.69) is 5.32 Å². The summed E-state index contributed by atoms with van der Waals surface area (Å²) in [6, 6.07) is 1.66. The van der Waals surface area contributed by atoms with Crippen molar-refractivity contribution in [2.45, 2.75) is 25.8 Å². The minimum atomic E-state index is -0.296. The third-order valence-electron chi connectivity index (χ3n) is 2.97. The summed E-state index contributed by atoms with van der Waals surface area (Å²) in [7, 11) is 0. The van der Waals surface area contributed by atoms with Gasteiger partial charge < -0.3 is 10.2 Å². The summed E-state index contributed by atoms with van der Waals surface area (Å²) < 4.78 is 0. The summed E-state index contributed by atoms with van der Waals surface area (Å²) in [5, 5.41) is 6.73. The first kappa shape index (κ1) is 12.1. The Hall–Kier alpha value is -1.36. The molecule has 0 spiro atoms. The Kier molecular flexibility index (Phi) is 3.78. The second kappa shape index (κ2) is 5.31. The largest absolute Gasteiger partial charge is 0.353 e. The lowest BCUT2D eigenvalue weighted by molar-refractivity contribution is -0.142. The maximum atomic E-state index is 12.1. The summed E-state index contributed by atoms with van der Waals surface area (Å²) in [5.41, 5.74) is 1.03. The van der Waals surface area contributed by atoms with E-state index < -0.39 is 0 Å². The van der Waals surface area contributed by atoms with Gasteiger partial charge >= 0.3 is 0 Å². The molecule has 1 aromatic rings. The molecule has 0 aliphatic carbocycles. The van der Waals surface area contributed by atoms with Gasteiger partial charge in [-0.2, -0.15) is 11.3 Å². The van der Waals surface area contributed by atoms with E-state index in [9.17, 15) is 9.59 Å². The van der Waals surface area contributed by atoms with Crippen molar-refractivity contribution in [2.75, 3.05) is 13.1 Å². The Balaban J connectivity index is 2.04. The lowest BCUT2D eigenvalue weighted by atomic mass is 10.1. The zero-order chi connectivity index (χ0) is 12.3. The van der Waals surface area contributed by atoms with Crippen molar-refractivity contribution in [3.63, 3.8) is 0 Å². The van der Waals surface area contributed by atoms with Gasteiger partial charge in [0.25, 0.3) is 0 Å². The molecule has 0 bridgehead atoms. The van der Waals surface area contributed by atoms with Crippen molar-refractivity contribution >= 4 is 23.2 Å². The number of nitrogens with zero attached hydrogens (tertiary/aromatic N) is 1. The maximum Gasteiger partial charge on any atom is 0.242 e. The molecule has 2 heterocycles. The number of hydrogen-bond acceptors (Lipinski definition) is 3. The molecule has 5 heteroatoms.